The Kier molecular flexibility index (Phi) is 7.19. The van der Waals surface area contributed by atoms with Crippen molar-refractivity contribution in [2.75, 3.05) is 7.11 Å². The molecule has 4 atom stereocenters. The summed E-state index contributed by atoms with van der Waals surface area (Å²) in [6.07, 6.45) is 3.83. The second kappa shape index (κ2) is 9.39. The molecule has 1 saturated carbocycles. The maximum absolute atomic E-state index is 12.9. The van der Waals surface area contributed by atoms with Gasteiger partial charge >= 0.3 is 5.97 Å². The fourth-order valence-corrected chi connectivity index (χ4v) is 6.05. The van der Waals surface area contributed by atoms with Gasteiger partial charge in [0.15, 0.2) is 0 Å². The van der Waals surface area contributed by atoms with Crippen LogP contribution in [-0.4, -0.2) is 13.1 Å². The van der Waals surface area contributed by atoms with Crippen LogP contribution in [0.1, 0.15) is 77.0 Å². The van der Waals surface area contributed by atoms with Crippen LogP contribution >= 0.6 is 0 Å². The molecule has 0 aliphatic heterocycles. The van der Waals surface area contributed by atoms with Crippen LogP contribution in [0.3, 0.4) is 0 Å². The Bertz CT molecular complexity index is 922. The van der Waals surface area contributed by atoms with E-state index >= 15 is 0 Å². The number of carbonyl (C=O) groups excluding carboxylic acids is 1. The fourth-order valence-electron chi connectivity index (χ4n) is 6.05. The van der Waals surface area contributed by atoms with E-state index in [1.807, 2.05) is 0 Å². The Morgan fingerprint density at radius 2 is 1.78 bits per heavy atom. The maximum Gasteiger partial charge on any atom is 0.312 e. The lowest BCUT2D eigenvalue weighted by Crippen LogP contribution is -2.47. The van der Waals surface area contributed by atoms with Gasteiger partial charge in [0.25, 0.3) is 0 Å². The lowest BCUT2D eigenvalue weighted by Gasteiger charge is -2.51. The summed E-state index contributed by atoms with van der Waals surface area (Å²) in [4.78, 5) is 12.9. The number of hydrogen-bond acceptors (Lipinski definition) is 3. The van der Waals surface area contributed by atoms with Crippen molar-refractivity contribution < 1.29 is 9.53 Å². The molecule has 0 radical (unpaired) electrons. The summed E-state index contributed by atoms with van der Waals surface area (Å²) in [6.45, 7) is 12.0. The summed E-state index contributed by atoms with van der Waals surface area (Å²) in [5.74, 6) is 0.822. The number of methoxy groups -OCH3 is 1. The maximum atomic E-state index is 12.9. The van der Waals surface area contributed by atoms with Crippen molar-refractivity contribution in [3.8, 4) is 0 Å². The first-order chi connectivity index (χ1) is 15.2. The average Bonchev–Trinajstić information content (AvgIpc) is 3.45. The largest absolute Gasteiger partial charge is 0.469 e. The molecule has 0 amide bonds. The molecule has 1 aliphatic rings. The Balaban J connectivity index is 2.25. The van der Waals surface area contributed by atoms with Crippen molar-refractivity contribution in [1.82, 2.24) is 0 Å². The van der Waals surface area contributed by atoms with Gasteiger partial charge in [-0.3, -0.25) is 4.79 Å². The van der Waals surface area contributed by atoms with Crippen LogP contribution in [0.15, 0.2) is 54.6 Å². The molecule has 0 aromatic heterocycles. The number of nitrogens with two attached hydrogens (primary N) is 1. The van der Waals surface area contributed by atoms with Crippen molar-refractivity contribution in [1.29, 1.82) is 0 Å². The number of rotatable bonds is 10. The molecular formula is C29H41NO2. The summed E-state index contributed by atoms with van der Waals surface area (Å²) >= 11 is 0. The second-order valence-electron chi connectivity index (χ2n) is 10.7. The van der Waals surface area contributed by atoms with Crippen molar-refractivity contribution in [3.05, 3.63) is 71.3 Å². The average molecular weight is 436 g/mol. The van der Waals surface area contributed by atoms with Gasteiger partial charge in [-0.05, 0) is 53.2 Å². The van der Waals surface area contributed by atoms with Gasteiger partial charge < -0.3 is 10.5 Å². The molecule has 0 heterocycles. The van der Waals surface area contributed by atoms with Gasteiger partial charge in [0.1, 0.15) is 0 Å². The van der Waals surface area contributed by atoms with E-state index in [1.54, 1.807) is 0 Å². The zero-order chi connectivity index (χ0) is 23.6. The van der Waals surface area contributed by atoms with Crippen LogP contribution in [0.2, 0.25) is 0 Å². The quantitative estimate of drug-likeness (QED) is 0.434. The predicted molar refractivity (Wildman–Crippen MR) is 132 cm³/mol. The zero-order valence-electron chi connectivity index (χ0n) is 20.8. The second-order valence-corrected chi connectivity index (χ2v) is 10.7. The number of hydrogen-bond donors (Lipinski definition) is 1. The molecule has 2 aromatic carbocycles. The van der Waals surface area contributed by atoms with Gasteiger partial charge in [-0.2, -0.15) is 0 Å². The number of benzene rings is 2. The van der Waals surface area contributed by atoms with Crippen molar-refractivity contribution in [2.45, 2.75) is 72.3 Å². The van der Waals surface area contributed by atoms with E-state index in [2.05, 4.69) is 89.2 Å². The van der Waals surface area contributed by atoms with Gasteiger partial charge in [-0.15, -0.1) is 0 Å². The standard InChI is InChI=1S/C29H41NO2/c1-7-21(2)17-29(24-13-9-8-10-14-24,25-15-11-12-23(16-25)19-30)27(4,5)20-28(18-22(28)3)26(31)32-6/h8-16,21-22H,7,17-20,30H2,1-6H3. The minimum atomic E-state index is -0.390. The number of carbonyl (C=O) groups is 1. The summed E-state index contributed by atoms with van der Waals surface area (Å²) in [5, 5.41) is 0. The smallest absolute Gasteiger partial charge is 0.312 e. The predicted octanol–water partition coefficient (Wildman–Crippen LogP) is 6.48. The zero-order valence-corrected chi connectivity index (χ0v) is 20.8. The number of ether oxygens (including phenoxy) is 1. The third kappa shape index (κ3) is 4.24. The Labute approximate surface area is 194 Å². The summed E-state index contributed by atoms with van der Waals surface area (Å²) in [5.41, 5.74) is 8.98. The van der Waals surface area contributed by atoms with E-state index in [-0.39, 0.29) is 22.2 Å². The first kappa shape index (κ1) is 24.5. The minimum Gasteiger partial charge on any atom is -0.469 e. The van der Waals surface area contributed by atoms with Gasteiger partial charge in [0, 0.05) is 12.0 Å². The molecule has 2 N–H and O–H groups in total. The molecule has 0 saturated heterocycles. The Hall–Kier alpha value is -2.13. The first-order valence-corrected chi connectivity index (χ1v) is 12.1. The highest BCUT2D eigenvalue weighted by Gasteiger charge is 2.63. The van der Waals surface area contributed by atoms with Crippen LogP contribution in [-0.2, 0) is 21.5 Å². The van der Waals surface area contributed by atoms with Crippen LogP contribution in [0, 0.1) is 22.7 Å². The molecule has 1 aliphatic carbocycles. The van der Waals surface area contributed by atoms with Crippen LogP contribution in [0.25, 0.3) is 0 Å². The molecule has 2 aromatic rings. The summed E-state index contributed by atoms with van der Waals surface area (Å²) < 4.78 is 5.30. The SMILES string of the molecule is CCC(C)CC(c1ccccc1)(c1cccc(CN)c1)C(C)(C)CC1(C(=O)OC)CC1C. The van der Waals surface area contributed by atoms with Crippen LogP contribution in [0.5, 0.6) is 0 Å². The molecule has 1 fully saturated rings. The van der Waals surface area contributed by atoms with Crippen molar-refractivity contribution in [3.63, 3.8) is 0 Å². The lowest BCUT2D eigenvalue weighted by molar-refractivity contribution is -0.149. The number of esters is 1. The van der Waals surface area contributed by atoms with Crippen molar-refractivity contribution >= 4 is 5.97 Å². The van der Waals surface area contributed by atoms with Gasteiger partial charge in [0.05, 0.1) is 12.5 Å². The third-order valence-corrected chi connectivity index (χ3v) is 8.23. The van der Waals surface area contributed by atoms with E-state index in [9.17, 15) is 4.79 Å². The highest BCUT2D eigenvalue weighted by Crippen LogP contribution is 2.64. The Morgan fingerprint density at radius 3 is 2.31 bits per heavy atom. The lowest BCUT2D eigenvalue weighted by atomic mass is 9.52. The normalized spacial score (nSPS) is 23.3. The topological polar surface area (TPSA) is 52.3 Å². The molecule has 0 bridgehead atoms. The molecule has 3 nitrogen and oxygen atoms in total. The molecule has 3 heteroatoms. The molecule has 3 rings (SSSR count). The molecule has 174 valence electrons. The summed E-state index contributed by atoms with van der Waals surface area (Å²) in [6, 6.07) is 19.7. The van der Waals surface area contributed by atoms with Gasteiger partial charge in [-0.25, -0.2) is 0 Å². The molecular weight excluding hydrogens is 394 g/mol. The first-order valence-electron chi connectivity index (χ1n) is 12.1. The monoisotopic (exact) mass is 435 g/mol. The highest BCUT2D eigenvalue weighted by molar-refractivity contribution is 5.80. The van der Waals surface area contributed by atoms with E-state index in [0.29, 0.717) is 18.4 Å². The van der Waals surface area contributed by atoms with Crippen LogP contribution in [0.4, 0.5) is 0 Å². The molecule has 32 heavy (non-hydrogen) atoms. The summed E-state index contributed by atoms with van der Waals surface area (Å²) in [7, 11) is 1.52. The van der Waals surface area contributed by atoms with Gasteiger partial charge in [0.2, 0.25) is 0 Å². The minimum absolute atomic E-state index is 0.0562. The molecule has 4 unspecified atom stereocenters. The fraction of sp³-hybridized carbons (Fsp3) is 0.552. The van der Waals surface area contributed by atoms with E-state index in [1.165, 1.54) is 18.2 Å². The molecule has 0 spiro atoms. The van der Waals surface area contributed by atoms with Crippen molar-refractivity contribution in [2.24, 2.45) is 28.4 Å². The highest BCUT2D eigenvalue weighted by atomic mass is 16.5. The Morgan fingerprint density at radius 1 is 1.16 bits per heavy atom. The van der Waals surface area contributed by atoms with E-state index < -0.39 is 0 Å². The van der Waals surface area contributed by atoms with E-state index in [0.717, 1.165) is 31.2 Å². The van der Waals surface area contributed by atoms with Gasteiger partial charge in [-0.1, -0.05) is 95.6 Å². The third-order valence-electron chi connectivity index (χ3n) is 8.23. The van der Waals surface area contributed by atoms with E-state index in [4.69, 9.17) is 10.5 Å². The van der Waals surface area contributed by atoms with Crippen LogP contribution < -0.4 is 5.73 Å².